The second-order valence-corrected chi connectivity index (χ2v) is 7.90. The van der Waals surface area contributed by atoms with Gasteiger partial charge in [0.2, 0.25) is 11.8 Å². The summed E-state index contributed by atoms with van der Waals surface area (Å²) in [5, 5.41) is 10.1. The van der Waals surface area contributed by atoms with Crippen LogP contribution in [-0.4, -0.2) is 69.0 Å². The fraction of sp³-hybridized carbons (Fsp3) is 0.474. The maximum absolute atomic E-state index is 14.1. The van der Waals surface area contributed by atoms with Gasteiger partial charge in [-0.25, -0.2) is 18.4 Å². The topological polar surface area (TPSA) is 92.2 Å². The zero-order valence-electron chi connectivity index (χ0n) is 16.0. The first-order valence-corrected chi connectivity index (χ1v) is 10.0. The minimum atomic E-state index is -1.30. The minimum absolute atomic E-state index is 0.0321. The van der Waals surface area contributed by atoms with Gasteiger partial charge in [-0.05, 0) is 23.8 Å². The average molecular weight is 439 g/mol. The van der Waals surface area contributed by atoms with E-state index in [2.05, 4.69) is 20.7 Å². The number of benzene rings is 1. The number of halogens is 3. The van der Waals surface area contributed by atoms with Crippen LogP contribution in [0, 0.1) is 0 Å². The number of alkyl halides is 2. The molecule has 0 saturated carbocycles. The molecule has 4 atom stereocenters. The number of aromatic nitrogens is 3. The smallest absolute Gasteiger partial charge is 0.243 e. The van der Waals surface area contributed by atoms with Crippen LogP contribution in [0.2, 0.25) is 5.02 Å². The quantitative estimate of drug-likeness (QED) is 0.731. The Hall–Kier alpha value is -2.59. The SMILES string of the molecule is O=C(NCc1cc(Cl)ccc1-n1cncn1)C1C[C@@H](F)CN1C(=O)C1C[C@H](F)CN1. The zero-order valence-corrected chi connectivity index (χ0v) is 16.7. The van der Waals surface area contributed by atoms with Gasteiger partial charge in [0.15, 0.2) is 0 Å². The summed E-state index contributed by atoms with van der Waals surface area (Å²) in [5.74, 6) is -0.913. The lowest BCUT2D eigenvalue weighted by Crippen LogP contribution is -2.51. The van der Waals surface area contributed by atoms with E-state index < -0.39 is 36.2 Å². The molecule has 1 aromatic carbocycles. The van der Waals surface area contributed by atoms with E-state index in [0.29, 0.717) is 16.3 Å². The molecule has 160 valence electrons. The Labute approximate surface area is 176 Å². The molecule has 2 aliphatic rings. The summed E-state index contributed by atoms with van der Waals surface area (Å²) >= 11 is 6.09. The van der Waals surface area contributed by atoms with Crippen molar-refractivity contribution in [3.8, 4) is 5.69 Å². The highest BCUT2D eigenvalue weighted by Gasteiger charge is 2.43. The van der Waals surface area contributed by atoms with E-state index in [4.69, 9.17) is 11.6 Å². The summed E-state index contributed by atoms with van der Waals surface area (Å²) < 4.78 is 29.1. The third-order valence-corrected chi connectivity index (χ3v) is 5.61. The molecule has 11 heteroatoms. The van der Waals surface area contributed by atoms with Gasteiger partial charge in [0.25, 0.3) is 0 Å². The summed E-state index contributed by atoms with van der Waals surface area (Å²) in [4.78, 5) is 30.6. The molecule has 2 aliphatic heterocycles. The Morgan fingerprint density at radius 1 is 1.27 bits per heavy atom. The number of hydrogen-bond donors (Lipinski definition) is 2. The summed E-state index contributed by atoms with van der Waals surface area (Å²) in [6.07, 6.45) is 0.433. The lowest BCUT2D eigenvalue weighted by atomic mass is 10.1. The van der Waals surface area contributed by atoms with Crippen LogP contribution in [0.3, 0.4) is 0 Å². The highest BCUT2D eigenvalue weighted by atomic mass is 35.5. The van der Waals surface area contributed by atoms with Crippen molar-refractivity contribution in [1.82, 2.24) is 30.3 Å². The molecule has 30 heavy (non-hydrogen) atoms. The number of nitrogens with zero attached hydrogens (tertiary/aromatic N) is 4. The molecular formula is C19H21ClF2N6O2. The van der Waals surface area contributed by atoms with E-state index in [1.54, 1.807) is 22.9 Å². The molecule has 3 heterocycles. The summed E-state index contributed by atoms with van der Waals surface area (Å²) in [6, 6.07) is 3.47. The van der Waals surface area contributed by atoms with Crippen molar-refractivity contribution in [2.24, 2.45) is 0 Å². The maximum atomic E-state index is 14.1. The molecule has 4 rings (SSSR count). The molecule has 0 aliphatic carbocycles. The largest absolute Gasteiger partial charge is 0.350 e. The molecule has 2 unspecified atom stereocenters. The van der Waals surface area contributed by atoms with Crippen molar-refractivity contribution in [3.63, 3.8) is 0 Å². The third kappa shape index (κ3) is 4.29. The summed E-state index contributed by atoms with van der Waals surface area (Å²) in [6.45, 7) is 0.0196. The fourth-order valence-electron chi connectivity index (χ4n) is 3.91. The lowest BCUT2D eigenvalue weighted by Gasteiger charge is -2.26. The molecule has 0 radical (unpaired) electrons. The van der Waals surface area contributed by atoms with Crippen LogP contribution in [0.4, 0.5) is 8.78 Å². The molecule has 2 saturated heterocycles. The minimum Gasteiger partial charge on any atom is -0.350 e. The third-order valence-electron chi connectivity index (χ3n) is 5.37. The van der Waals surface area contributed by atoms with Crippen molar-refractivity contribution in [1.29, 1.82) is 0 Å². The molecule has 2 N–H and O–H groups in total. The van der Waals surface area contributed by atoms with Crippen molar-refractivity contribution in [2.45, 2.75) is 43.8 Å². The maximum Gasteiger partial charge on any atom is 0.243 e. The number of amides is 2. The van der Waals surface area contributed by atoms with Crippen LogP contribution < -0.4 is 10.6 Å². The Morgan fingerprint density at radius 3 is 2.80 bits per heavy atom. The number of likely N-dealkylation sites (tertiary alicyclic amines) is 1. The highest BCUT2D eigenvalue weighted by Crippen LogP contribution is 2.24. The summed E-state index contributed by atoms with van der Waals surface area (Å²) in [7, 11) is 0. The van der Waals surface area contributed by atoms with Crippen LogP contribution in [0.25, 0.3) is 5.69 Å². The van der Waals surface area contributed by atoms with Crippen LogP contribution in [0.1, 0.15) is 18.4 Å². The number of rotatable bonds is 5. The normalized spacial score (nSPS) is 26.2. The van der Waals surface area contributed by atoms with Gasteiger partial charge in [0.1, 0.15) is 31.0 Å². The van der Waals surface area contributed by atoms with Crippen molar-refractivity contribution in [3.05, 3.63) is 41.4 Å². The van der Waals surface area contributed by atoms with Gasteiger partial charge in [-0.2, -0.15) is 5.10 Å². The standard InChI is InChI=1S/C19H21ClF2N6O2/c20-12-1-2-16(28-10-23-9-26-28)11(3-12)6-25-18(29)17-5-14(22)8-27(17)19(30)15-4-13(21)7-24-15/h1-3,9-10,13-15,17,24H,4-8H2,(H,25,29)/t13-,14+,15?,17?/m0/s1. The Bertz CT molecular complexity index is 928. The van der Waals surface area contributed by atoms with Gasteiger partial charge in [-0.15, -0.1) is 0 Å². The first kappa shape index (κ1) is 20.7. The van der Waals surface area contributed by atoms with Crippen molar-refractivity contribution < 1.29 is 18.4 Å². The predicted octanol–water partition coefficient (Wildman–Crippen LogP) is 1.18. The van der Waals surface area contributed by atoms with E-state index in [1.165, 1.54) is 17.6 Å². The van der Waals surface area contributed by atoms with E-state index in [9.17, 15) is 18.4 Å². The molecule has 2 amide bonds. The summed E-state index contributed by atoms with van der Waals surface area (Å²) in [5.41, 5.74) is 1.37. The number of hydrogen-bond acceptors (Lipinski definition) is 5. The molecule has 8 nitrogen and oxygen atoms in total. The van der Waals surface area contributed by atoms with E-state index in [1.807, 2.05) is 0 Å². The van der Waals surface area contributed by atoms with Crippen LogP contribution in [0.5, 0.6) is 0 Å². The zero-order chi connectivity index (χ0) is 21.3. The Kier molecular flexibility index (Phi) is 5.96. The van der Waals surface area contributed by atoms with E-state index in [-0.39, 0.29) is 32.5 Å². The molecular weight excluding hydrogens is 418 g/mol. The monoisotopic (exact) mass is 438 g/mol. The van der Waals surface area contributed by atoms with Gasteiger partial charge in [0, 0.05) is 31.0 Å². The number of carbonyl (C=O) groups excluding carboxylic acids is 2. The van der Waals surface area contributed by atoms with E-state index >= 15 is 0 Å². The van der Waals surface area contributed by atoms with Crippen molar-refractivity contribution in [2.75, 3.05) is 13.1 Å². The highest BCUT2D eigenvalue weighted by molar-refractivity contribution is 6.30. The first-order valence-electron chi connectivity index (χ1n) is 9.65. The Morgan fingerprint density at radius 2 is 2.10 bits per heavy atom. The average Bonchev–Trinajstić information content (AvgIpc) is 3.46. The van der Waals surface area contributed by atoms with Crippen LogP contribution in [-0.2, 0) is 16.1 Å². The second kappa shape index (κ2) is 8.65. The lowest BCUT2D eigenvalue weighted by molar-refractivity contribution is -0.139. The van der Waals surface area contributed by atoms with Gasteiger partial charge in [-0.1, -0.05) is 11.6 Å². The second-order valence-electron chi connectivity index (χ2n) is 7.46. The van der Waals surface area contributed by atoms with Gasteiger partial charge in [-0.3, -0.25) is 9.59 Å². The molecule has 1 aromatic heterocycles. The number of nitrogens with one attached hydrogen (secondary N) is 2. The van der Waals surface area contributed by atoms with Crippen LogP contribution >= 0.6 is 11.6 Å². The van der Waals surface area contributed by atoms with Gasteiger partial charge in [0.05, 0.1) is 18.3 Å². The predicted molar refractivity (Wildman–Crippen MR) is 105 cm³/mol. The Balaban J connectivity index is 1.46. The molecule has 0 spiro atoms. The van der Waals surface area contributed by atoms with Crippen molar-refractivity contribution >= 4 is 23.4 Å². The molecule has 0 bridgehead atoms. The number of carbonyl (C=O) groups is 2. The molecule has 2 fully saturated rings. The van der Waals surface area contributed by atoms with Crippen LogP contribution in [0.15, 0.2) is 30.9 Å². The van der Waals surface area contributed by atoms with Gasteiger partial charge >= 0.3 is 0 Å². The first-order chi connectivity index (χ1) is 14.4. The van der Waals surface area contributed by atoms with E-state index in [0.717, 1.165) is 0 Å². The fourth-order valence-corrected chi connectivity index (χ4v) is 4.10. The molecule has 2 aromatic rings. The van der Waals surface area contributed by atoms with Gasteiger partial charge < -0.3 is 15.5 Å².